The van der Waals surface area contributed by atoms with Crippen molar-refractivity contribution in [2.24, 2.45) is 5.92 Å². The van der Waals surface area contributed by atoms with Crippen LogP contribution in [0.3, 0.4) is 0 Å². The van der Waals surface area contributed by atoms with Gasteiger partial charge in [0.1, 0.15) is 6.10 Å². The third kappa shape index (κ3) is 4.10. The first kappa shape index (κ1) is 17.0. The van der Waals surface area contributed by atoms with Crippen molar-refractivity contribution in [3.8, 4) is 0 Å². The summed E-state index contributed by atoms with van der Waals surface area (Å²) in [7, 11) is 1.62. The maximum Gasteiger partial charge on any atom is 0.315 e. The van der Waals surface area contributed by atoms with Crippen LogP contribution >= 0.6 is 0 Å². The molecule has 2 aliphatic carbocycles. The standard InChI is InChI=1S/C15H26N2O5/c1-3-22-12-8-11(13(12)21-2)17-15(20)16-10-6-4-9(5-7-10)14(18)19/h9-13H,3-8H2,1-2H3,(H,18,19)(H2,16,17,20). The number of carbonyl (C=O) groups is 2. The van der Waals surface area contributed by atoms with Gasteiger partial charge < -0.3 is 25.2 Å². The molecule has 0 spiro atoms. The van der Waals surface area contributed by atoms with Crippen molar-refractivity contribution >= 4 is 12.0 Å². The number of methoxy groups -OCH3 is 1. The summed E-state index contributed by atoms with van der Waals surface area (Å²) in [6.07, 6.45) is 3.37. The summed E-state index contributed by atoms with van der Waals surface area (Å²) in [4.78, 5) is 22.9. The number of carbonyl (C=O) groups excluding carboxylic acids is 1. The zero-order chi connectivity index (χ0) is 16.1. The van der Waals surface area contributed by atoms with Gasteiger partial charge in [-0.3, -0.25) is 4.79 Å². The fourth-order valence-electron chi connectivity index (χ4n) is 3.30. The first-order valence-electron chi connectivity index (χ1n) is 7.99. The van der Waals surface area contributed by atoms with Gasteiger partial charge in [0, 0.05) is 19.8 Å². The third-order valence-electron chi connectivity index (χ3n) is 4.63. The van der Waals surface area contributed by atoms with Crippen molar-refractivity contribution in [3.05, 3.63) is 0 Å². The monoisotopic (exact) mass is 314 g/mol. The molecule has 126 valence electrons. The first-order valence-corrected chi connectivity index (χ1v) is 7.99. The molecule has 0 bridgehead atoms. The Labute approximate surface area is 130 Å². The maximum atomic E-state index is 12.0. The molecular weight excluding hydrogens is 288 g/mol. The van der Waals surface area contributed by atoms with E-state index in [1.54, 1.807) is 7.11 Å². The Bertz CT molecular complexity index is 395. The summed E-state index contributed by atoms with van der Waals surface area (Å²) < 4.78 is 10.9. The molecule has 2 fully saturated rings. The second-order valence-electron chi connectivity index (χ2n) is 6.04. The van der Waals surface area contributed by atoms with Gasteiger partial charge in [0.15, 0.2) is 0 Å². The fraction of sp³-hybridized carbons (Fsp3) is 0.867. The van der Waals surface area contributed by atoms with Gasteiger partial charge in [-0.1, -0.05) is 0 Å². The lowest BCUT2D eigenvalue weighted by atomic mass is 9.85. The molecular formula is C15H26N2O5. The third-order valence-corrected chi connectivity index (χ3v) is 4.63. The van der Waals surface area contributed by atoms with Crippen LogP contribution in [0.4, 0.5) is 4.79 Å². The Morgan fingerprint density at radius 2 is 1.86 bits per heavy atom. The topological polar surface area (TPSA) is 96.9 Å². The minimum absolute atomic E-state index is 0.0306. The highest BCUT2D eigenvalue weighted by molar-refractivity contribution is 5.75. The normalized spacial score (nSPS) is 34.5. The highest BCUT2D eigenvalue weighted by atomic mass is 16.5. The van der Waals surface area contributed by atoms with Gasteiger partial charge in [0.25, 0.3) is 0 Å². The van der Waals surface area contributed by atoms with Crippen LogP contribution in [0, 0.1) is 5.92 Å². The van der Waals surface area contributed by atoms with Gasteiger partial charge in [0.05, 0.1) is 18.1 Å². The average molecular weight is 314 g/mol. The van der Waals surface area contributed by atoms with Crippen molar-refractivity contribution in [1.29, 1.82) is 0 Å². The fourth-order valence-corrected chi connectivity index (χ4v) is 3.30. The zero-order valence-electron chi connectivity index (χ0n) is 13.2. The number of carboxylic acid groups (broad SMARTS) is 1. The van der Waals surface area contributed by atoms with Crippen molar-refractivity contribution in [1.82, 2.24) is 10.6 Å². The molecule has 0 heterocycles. The second kappa shape index (κ2) is 7.78. The molecule has 0 aliphatic heterocycles. The molecule has 0 aromatic carbocycles. The molecule has 3 unspecified atom stereocenters. The van der Waals surface area contributed by atoms with Gasteiger partial charge in [-0.25, -0.2) is 4.79 Å². The molecule has 0 aromatic heterocycles. The van der Waals surface area contributed by atoms with Crippen LogP contribution in [0.15, 0.2) is 0 Å². The molecule has 7 nitrogen and oxygen atoms in total. The summed E-state index contributed by atoms with van der Waals surface area (Å²) in [5, 5.41) is 14.8. The van der Waals surface area contributed by atoms with Gasteiger partial charge in [0.2, 0.25) is 0 Å². The molecule has 22 heavy (non-hydrogen) atoms. The van der Waals surface area contributed by atoms with Crippen molar-refractivity contribution < 1.29 is 24.2 Å². The molecule has 0 aromatic rings. The number of hydrogen-bond acceptors (Lipinski definition) is 4. The van der Waals surface area contributed by atoms with E-state index in [0.29, 0.717) is 32.3 Å². The number of rotatable bonds is 6. The summed E-state index contributed by atoms with van der Waals surface area (Å²) in [5.74, 6) is -1.00. The Hall–Kier alpha value is -1.34. The van der Waals surface area contributed by atoms with Gasteiger partial charge in [-0.2, -0.15) is 0 Å². The van der Waals surface area contributed by atoms with Gasteiger partial charge in [-0.15, -0.1) is 0 Å². The largest absolute Gasteiger partial charge is 0.481 e. The smallest absolute Gasteiger partial charge is 0.315 e. The van der Waals surface area contributed by atoms with Crippen LogP contribution in [0.1, 0.15) is 39.0 Å². The van der Waals surface area contributed by atoms with Crippen LogP contribution in [-0.2, 0) is 14.3 Å². The molecule has 2 saturated carbocycles. The summed E-state index contributed by atoms with van der Waals surface area (Å²) in [5.41, 5.74) is 0. The minimum atomic E-state index is -0.734. The van der Waals surface area contributed by atoms with E-state index in [4.69, 9.17) is 14.6 Å². The number of carboxylic acids is 1. The van der Waals surface area contributed by atoms with Crippen LogP contribution in [0.2, 0.25) is 0 Å². The quantitative estimate of drug-likeness (QED) is 0.682. The summed E-state index contributed by atoms with van der Waals surface area (Å²) >= 11 is 0. The molecule has 0 radical (unpaired) electrons. The molecule has 2 aliphatic rings. The number of aliphatic carboxylic acids is 1. The number of urea groups is 1. The van der Waals surface area contributed by atoms with Crippen LogP contribution in [0.5, 0.6) is 0 Å². The van der Waals surface area contributed by atoms with Gasteiger partial charge >= 0.3 is 12.0 Å². The lowest BCUT2D eigenvalue weighted by Gasteiger charge is -2.43. The second-order valence-corrected chi connectivity index (χ2v) is 6.04. The Balaban J connectivity index is 1.69. The molecule has 2 amide bonds. The number of nitrogens with one attached hydrogen (secondary N) is 2. The van der Waals surface area contributed by atoms with E-state index < -0.39 is 5.97 Å². The molecule has 3 N–H and O–H groups in total. The van der Waals surface area contributed by atoms with Crippen LogP contribution < -0.4 is 10.6 Å². The van der Waals surface area contributed by atoms with E-state index in [9.17, 15) is 9.59 Å². The molecule has 3 atom stereocenters. The number of ether oxygens (including phenoxy) is 2. The predicted octanol–water partition coefficient (Wildman–Crippen LogP) is 1.12. The van der Waals surface area contributed by atoms with Crippen molar-refractivity contribution in [3.63, 3.8) is 0 Å². The van der Waals surface area contributed by atoms with E-state index in [0.717, 1.165) is 6.42 Å². The van der Waals surface area contributed by atoms with E-state index in [-0.39, 0.29) is 36.2 Å². The van der Waals surface area contributed by atoms with Gasteiger partial charge in [-0.05, 0) is 39.0 Å². The van der Waals surface area contributed by atoms with Crippen LogP contribution in [0.25, 0.3) is 0 Å². The lowest BCUT2D eigenvalue weighted by molar-refractivity contribution is -0.142. The molecule has 7 heteroatoms. The Kier molecular flexibility index (Phi) is 6.02. The molecule has 2 rings (SSSR count). The van der Waals surface area contributed by atoms with Crippen molar-refractivity contribution in [2.45, 2.75) is 63.3 Å². The lowest BCUT2D eigenvalue weighted by Crippen LogP contribution is -2.62. The highest BCUT2D eigenvalue weighted by Gasteiger charge is 2.43. The Morgan fingerprint density at radius 3 is 2.41 bits per heavy atom. The number of hydrogen-bond donors (Lipinski definition) is 3. The van der Waals surface area contributed by atoms with E-state index in [1.807, 2.05) is 6.92 Å². The maximum absolute atomic E-state index is 12.0. The zero-order valence-corrected chi connectivity index (χ0v) is 13.2. The van der Waals surface area contributed by atoms with Crippen LogP contribution in [-0.4, -0.2) is 55.1 Å². The highest BCUT2D eigenvalue weighted by Crippen LogP contribution is 2.27. The molecule has 0 saturated heterocycles. The van der Waals surface area contributed by atoms with E-state index >= 15 is 0 Å². The SMILES string of the molecule is CCOC1CC(NC(=O)NC2CCC(C(=O)O)CC2)C1OC. The Morgan fingerprint density at radius 1 is 1.18 bits per heavy atom. The predicted molar refractivity (Wildman–Crippen MR) is 79.7 cm³/mol. The first-order chi connectivity index (χ1) is 10.5. The summed E-state index contributed by atoms with van der Waals surface area (Å²) in [6, 6.07) is -0.183. The summed E-state index contributed by atoms with van der Waals surface area (Å²) in [6.45, 7) is 2.57. The number of amides is 2. The van der Waals surface area contributed by atoms with E-state index in [1.165, 1.54) is 0 Å². The van der Waals surface area contributed by atoms with Crippen molar-refractivity contribution in [2.75, 3.05) is 13.7 Å². The van der Waals surface area contributed by atoms with E-state index in [2.05, 4.69) is 10.6 Å². The average Bonchev–Trinajstić information content (AvgIpc) is 2.47. The minimum Gasteiger partial charge on any atom is -0.481 e.